The minimum atomic E-state index is -0.685. The standard InChI is InChI=1S/C7H11N2O2/c1-5-3-2-4-6(10)9(5)7(8)11/h5H,1-4H2,(H2,8,11)/t5-/m0/s1. The van der Waals surface area contributed by atoms with Crippen molar-refractivity contribution in [2.45, 2.75) is 25.3 Å². The molecule has 1 atom stereocenters. The molecular formula is C7H11N2O2. The molecule has 1 aliphatic heterocycles. The molecule has 4 nitrogen and oxygen atoms in total. The number of carbonyl (C=O) groups is 2. The fourth-order valence-electron chi connectivity index (χ4n) is 1.24. The third kappa shape index (κ3) is 1.50. The van der Waals surface area contributed by atoms with Crippen LogP contribution < -0.4 is 5.73 Å². The molecule has 0 unspecified atom stereocenters. The van der Waals surface area contributed by atoms with Gasteiger partial charge in [-0.05, 0) is 19.8 Å². The molecule has 0 spiro atoms. The number of likely N-dealkylation sites (tertiary alicyclic amines) is 1. The van der Waals surface area contributed by atoms with Crippen molar-refractivity contribution in [2.24, 2.45) is 5.73 Å². The van der Waals surface area contributed by atoms with Gasteiger partial charge in [-0.2, -0.15) is 0 Å². The molecule has 0 saturated carbocycles. The van der Waals surface area contributed by atoms with Crippen molar-refractivity contribution < 1.29 is 9.59 Å². The van der Waals surface area contributed by atoms with Crippen LogP contribution in [-0.2, 0) is 4.79 Å². The van der Waals surface area contributed by atoms with Crippen molar-refractivity contribution in [3.8, 4) is 0 Å². The number of amides is 3. The quantitative estimate of drug-likeness (QED) is 0.546. The first-order valence-corrected chi connectivity index (χ1v) is 3.57. The maximum absolute atomic E-state index is 11.0. The highest BCUT2D eigenvalue weighted by atomic mass is 16.2. The Balaban J connectivity index is 2.70. The van der Waals surface area contributed by atoms with Crippen molar-refractivity contribution in [1.82, 2.24) is 4.90 Å². The summed E-state index contributed by atoms with van der Waals surface area (Å²) in [5, 5.41) is 0. The highest BCUT2D eigenvalue weighted by Gasteiger charge is 2.28. The Morgan fingerprint density at radius 2 is 2.36 bits per heavy atom. The number of hydrogen-bond donors (Lipinski definition) is 1. The van der Waals surface area contributed by atoms with E-state index in [4.69, 9.17) is 5.73 Å². The summed E-state index contributed by atoms with van der Waals surface area (Å²) in [4.78, 5) is 22.7. The maximum Gasteiger partial charge on any atom is 0.321 e. The summed E-state index contributed by atoms with van der Waals surface area (Å²) < 4.78 is 0. The van der Waals surface area contributed by atoms with E-state index in [2.05, 4.69) is 6.92 Å². The lowest BCUT2D eigenvalue weighted by molar-refractivity contribution is -0.131. The average Bonchev–Trinajstić information content (AvgIpc) is 1.85. The zero-order valence-corrected chi connectivity index (χ0v) is 6.25. The van der Waals surface area contributed by atoms with Crippen LogP contribution in [0.5, 0.6) is 0 Å². The molecule has 1 radical (unpaired) electrons. The molecule has 1 fully saturated rings. The summed E-state index contributed by atoms with van der Waals surface area (Å²) in [6.07, 6.45) is 1.97. The summed E-state index contributed by atoms with van der Waals surface area (Å²) >= 11 is 0. The summed E-state index contributed by atoms with van der Waals surface area (Å²) in [5.41, 5.74) is 4.97. The van der Waals surface area contributed by atoms with Gasteiger partial charge < -0.3 is 5.73 Å². The van der Waals surface area contributed by atoms with Crippen molar-refractivity contribution in [3.63, 3.8) is 0 Å². The Morgan fingerprint density at radius 1 is 1.73 bits per heavy atom. The lowest BCUT2D eigenvalue weighted by Crippen LogP contribution is -2.48. The highest BCUT2D eigenvalue weighted by Crippen LogP contribution is 2.16. The van der Waals surface area contributed by atoms with Crippen molar-refractivity contribution >= 4 is 11.9 Å². The van der Waals surface area contributed by atoms with Crippen LogP contribution in [-0.4, -0.2) is 22.9 Å². The van der Waals surface area contributed by atoms with E-state index in [0.29, 0.717) is 6.42 Å². The minimum Gasteiger partial charge on any atom is -0.351 e. The van der Waals surface area contributed by atoms with Gasteiger partial charge in [0.15, 0.2) is 0 Å². The Kier molecular flexibility index (Phi) is 2.12. The second kappa shape index (κ2) is 2.90. The van der Waals surface area contributed by atoms with Crippen LogP contribution in [0, 0.1) is 6.92 Å². The molecule has 1 rings (SSSR count). The monoisotopic (exact) mass is 155 g/mol. The predicted octanol–water partition coefficient (Wildman–Crippen LogP) is 0.280. The first-order valence-electron chi connectivity index (χ1n) is 3.57. The molecule has 3 amide bonds. The van der Waals surface area contributed by atoms with E-state index in [9.17, 15) is 9.59 Å². The number of hydrogen-bond acceptors (Lipinski definition) is 2. The molecule has 0 bridgehead atoms. The van der Waals surface area contributed by atoms with Gasteiger partial charge in [0.1, 0.15) is 0 Å². The summed E-state index contributed by atoms with van der Waals surface area (Å²) in [6.45, 7) is 3.65. The summed E-state index contributed by atoms with van der Waals surface area (Å²) in [7, 11) is 0. The van der Waals surface area contributed by atoms with Gasteiger partial charge in [0.25, 0.3) is 0 Å². The van der Waals surface area contributed by atoms with Gasteiger partial charge in [0.05, 0.1) is 0 Å². The third-order valence-electron chi connectivity index (χ3n) is 1.80. The van der Waals surface area contributed by atoms with Crippen molar-refractivity contribution in [3.05, 3.63) is 6.92 Å². The van der Waals surface area contributed by atoms with E-state index < -0.39 is 6.03 Å². The molecule has 0 aromatic heterocycles. The lowest BCUT2D eigenvalue weighted by atomic mass is 10.0. The number of imide groups is 1. The molecule has 61 valence electrons. The van der Waals surface area contributed by atoms with E-state index in [1.165, 1.54) is 0 Å². The number of carbonyl (C=O) groups excluding carboxylic acids is 2. The molecule has 0 aliphatic carbocycles. The smallest absolute Gasteiger partial charge is 0.321 e. The Bertz CT molecular complexity index is 191. The molecule has 0 aromatic carbocycles. The average molecular weight is 155 g/mol. The van der Waals surface area contributed by atoms with Crippen LogP contribution in [0.2, 0.25) is 0 Å². The van der Waals surface area contributed by atoms with Crippen LogP contribution in [0.25, 0.3) is 0 Å². The van der Waals surface area contributed by atoms with Gasteiger partial charge >= 0.3 is 6.03 Å². The van der Waals surface area contributed by atoms with Crippen LogP contribution in [0.15, 0.2) is 0 Å². The van der Waals surface area contributed by atoms with E-state index in [-0.39, 0.29) is 11.9 Å². The number of urea groups is 1. The van der Waals surface area contributed by atoms with E-state index in [1.807, 2.05) is 0 Å². The molecule has 1 heterocycles. The summed E-state index contributed by atoms with van der Waals surface area (Å²) in [6, 6.07) is -0.955. The Labute approximate surface area is 65.3 Å². The lowest BCUT2D eigenvalue weighted by Gasteiger charge is -2.29. The Morgan fingerprint density at radius 3 is 2.73 bits per heavy atom. The number of primary amides is 1. The highest BCUT2D eigenvalue weighted by molar-refractivity contribution is 5.94. The van der Waals surface area contributed by atoms with Gasteiger partial charge in [-0.15, -0.1) is 0 Å². The van der Waals surface area contributed by atoms with E-state index in [0.717, 1.165) is 17.7 Å². The zero-order valence-electron chi connectivity index (χ0n) is 6.25. The van der Waals surface area contributed by atoms with Crippen molar-refractivity contribution in [1.29, 1.82) is 0 Å². The number of nitrogens with zero attached hydrogens (tertiary/aromatic N) is 1. The zero-order chi connectivity index (χ0) is 8.43. The molecule has 1 saturated heterocycles. The van der Waals surface area contributed by atoms with Crippen LogP contribution in [0.1, 0.15) is 19.3 Å². The van der Waals surface area contributed by atoms with Gasteiger partial charge in [-0.1, -0.05) is 0 Å². The molecule has 2 N–H and O–H groups in total. The fraction of sp³-hybridized carbons (Fsp3) is 0.571. The topological polar surface area (TPSA) is 63.4 Å². The molecule has 11 heavy (non-hydrogen) atoms. The third-order valence-corrected chi connectivity index (χ3v) is 1.80. The van der Waals surface area contributed by atoms with Gasteiger partial charge in [0.2, 0.25) is 5.91 Å². The van der Waals surface area contributed by atoms with Crippen LogP contribution >= 0.6 is 0 Å². The summed E-state index contributed by atoms with van der Waals surface area (Å²) in [5.74, 6) is -0.205. The SMILES string of the molecule is [CH2][C@H]1CCCC(=O)N1C(N)=O. The largest absolute Gasteiger partial charge is 0.351 e. The minimum absolute atomic E-state index is 0.205. The second-order valence-corrected chi connectivity index (χ2v) is 2.65. The van der Waals surface area contributed by atoms with E-state index >= 15 is 0 Å². The van der Waals surface area contributed by atoms with E-state index in [1.54, 1.807) is 0 Å². The predicted molar refractivity (Wildman–Crippen MR) is 39.4 cm³/mol. The number of piperidine rings is 1. The first kappa shape index (κ1) is 8.04. The van der Waals surface area contributed by atoms with Crippen LogP contribution in [0.4, 0.5) is 4.79 Å². The van der Waals surface area contributed by atoms with Crippen LogP contribution in [0.3, 0.4) is 0 Å². The maximum atomic E-state index is 11.0. The van der Waals surface area contributed by atoms with Gasteiger partial charge in [-0.3, -0.25) is 9.69 Å². The first-order chi connectivity index (χ1) is 5.13. The normalized spacial score (nSPS) is 25.4. The Hall–Kier alpha value is -1.06. The molecule has 0 aromatic rings. The molecule has 1 aliphatic rings. The number of rotatable bonds is 0. The van der Waals surface area contributed by atoms with Gasteiger partial charge in [0, 0.05) is 12.5 Å². The second-order valence-electron chi connectivity index (χ2n) is 2.65. The fourth-order valence-corrected chi connectivity index (χ4v) is 1.24. The number of nitrogens with two attached hydrogens (primary N) is 1. The molecule has 4 heteroatoms. The van der Waals surface area contributed by atoms with Crippen molar-refractivity contribution in [2.75, 3.05) is 0 Å². The molecular weight excluding hydrogens is 144 g/mol. The van der Waals surface area contributed by atoms with Gasteiger partial charge in [-0.25, -0.2) is 4.79 Å².